The number of amides is 1. The average molecular weight is 398 g/mol. The Labute approximate surface area is 174 Å². The maximum absolute atomic E-state index is 12.7. The molecule has 0 saturated carbocycles. The first kappa shape index (κ1) is 19.3. The van der Waals surface area contributed by atoms with Crippen molar-refractivity contribution >= 4 is 17.5 Å². The van der Waals surface area contributed by atoms with Gasteiger partial charge in [0.15, 0.2) is 0 Å². The number of benzene rings is 2. The summed E-state index contributed by atoms with van der Waals surface area (Å²) >= 11 is 0. The molecular formula is C23H22N6O. The number of rotatable bonds is 6. The smallest absolute Gasteiger partial charge is 0.232 e. The van der Waals surface area contributed by atoms with Crippen LogP contribution in [0, 0.1) is 0 Å². The first-order valence-corrected chi connectivity index (χ1v) is 9.72. The van der Waals surface area contributed by atoms with Gasteiger partial charge in [-0.2, -0.15) is 5.10 Å². The van der Waals surface area contributed by atoms with E-state index in [4.69, 9.17) is 10.7 Å². The number of nitrogens with one attached hydrogen (secondary N) is 1. The fourth-order valence-corrected chi connectivity index (χ4v) is 3.21. The molecule has 0 unspecified atom stereocenters. The molecule has 2 aromatic heterocycles. The van der Waals surface area contributed by atoms with E-state index in [2.05, 4.69) is 15.2 Å². The Morgan fingerprint density at radius 2 is 1.83 bits per heavy atom. The van der Waals surface area contributed by atoms with Crippen molar-refractivity contribution in [1.82, 2.24) is 20.2 Å². The summed E-state index contributed by atoms with van der Waals surface area (Å²) in [7, 11) is 0. The lowest BCUT2D eigenvalue weighted by molar-refractivity contribution is -0.118. The molecule has 30 heavy (non-hydrogen) atoms. The number of carbonyl (C=O) groups is 1. The Kier molecular flexibility index (Phi) is 5.52. The van der Waals surface area contributed by atoms with E-state index in [0.717, 1.165) is 22.4 Å². The third kappa shape index (κ3) is 4.05. The van der Waals surface area contributed by atoms with Crippen LogP contribution < -0.4 is 10.6 Å². The standard InChI is InChI=1S/C23H22N6O/c1-2-21(30)29(15-16-6-4-3-5-7-16)23-25-13-12-20(27-23)19-14-26-28-22(19)17-8-10-18(24)11-9-17/h3-14H,2,15,24H2,1H3,(H,26,28). The van der Waals surface area contributed by atoms with Crippen molar-refractivity contribution in [3.8, 4) is 22.5 Å². The fourth-order valence-electron chi connectivity index (χ4n) is 3.21. The van der Waals surface area contributed by atoms with Gasteiger partial charge in [0.25, 0.3) is 0 Å². The van der Waals surface area contributed by atoms with E-state index >= 15 is 0 Å². The highest BCUT2D eigenvalue weighted by molar-refractivity contribution is 5.91. The lowest BCUT2D eigenvalue weighted by Gasteiger charge is -2.20. The monoisotopic (exact) mass is 398 g/mol. The summed E-state index contributed by atoms with van der Waals surface area (Å²) in [6, 6.07) is 19.2. The van der Waals surface area contributed by atoms with Crippen molar-refractivity contribution in [2.75, 3.05) is 10.6 Å². The van der Waals surface area contributed by atoms with E-state index in [0.29, 0.717) is 30.3 Å². The van der Waals surface area contributed by atoms with Crippen LogP contribution in [-0.4, -0.2) is 26.1 Å². The van der Waals surface area contributed by atoms with Crippen LogP contribution in [0.3, 0.4) is 0 Å². The van der Waals surface area contributed by atoms with Gasteiger partial charge in [0.1, 0.15) is 0 Å². The van der Waals surface area contributed by atoms with Gasteiger partial charge in [0.2, 0.25) is 11.9 Å². The Balaban J connectivity index is 1.71. The Morgan fingerprint density at radius 1 is 1.07 bits per heavy atom. The van der Waals surface area contributed by atoms with Gasteiger partial charge in [-0.15, -0.1) is 0 Å². The number of nitrogen functional groups attached to an aromatic ring is 1. The largest absolute Gasteiger partial charge is 0.399 e. The molecule has 0 bridgehead atoms. The van der Waals surface area contributed by atoms with Crippen LogP contribution in [0.15, 0.2) is 73.1 Å². The van der Waals surface area contributed by atoms with Crippen LogP contribution in [0.2, 0.25) is 0 Å². The van der Waals surface area contributed by atoms with Crippen LogP contribution in [0.25, 0.3) is 22.5 Å². The van der Waals surface area contributed by atoms with Crippen LogP contribution in [0.1, 0.15) is 18.9 Å². The van der Waals surface area contributed by atoms with Gasteiger partial charge in [-0.1, -0.05) is 49.4 Å². The molecule has 7 heteroatoms. The lowest BCUT2D eigenvalue weighted by Crippen LogP contribution is -2.31. The van der Waals surface area contributed by atoms with Gasteiger partial charge in [0.05, 0.1) is 24.1 Å². The first-order valence-electron chi connectivity index (χ1n) is 9.72. The third-order valence-electron chi connectivity index (χ3n) is 4.79. The quantitative estimate of drug-likeness (QED) is 0.477. The molecule has 150 valence electrons. The molecule has 7 nitrogen and oxygen atoms in total. The van der Waals surface area contributed by atoms with Gasteiger partial charge >= 0.3 is 0 Å². The van der Waals surface area contributed by atoms with Crippen LogP contribution >= 0.6 is 0 Å². The molecular weight excluding hydrogens is 376 g/mol. The number of aromatic nitrogens is 4. The maximum Gasteiger partial charge on any atom is 0.232 e. The second-order valence-electron chi connectivity index (χ2n) is 6.84. The number of nitrogens with zero attached hydrogens (tertiary/aromatic N) is 4. The van der Waals surface area contributed by atoms with Crippen LogP contribution in [-0.2, 0) is 11.3 Å². The van der Waals surface area contributed by atoms with Gasteiger partial charge < -0.3 is 5.73 Å². The minimum atomic E-state index is -0.0399. The molecule has 4 aromatic rings. The number of H-pyrrole nitrogens is 1. The summed E-state index contributed by atoms with van der Waals surface area (Å²) in [6.07, 6.45) is 3.75. The molecule has 0 atom stereocenters. The number of hydrogen-bond donors (Lipinski definition) is 2. The van der Waals surface area contributed by atoms with E-state index < -0.39 is 0 Å². The number of carbonyl (C=O) groups excluding carboxylic acids is 1. The number of aromatic amines is 1. The van der Waals surface area contributed by atoms with Crippen molar-refractivity contribution in [3.63, 3.8) is 0 Å². The highest BCUT2D eigenvalue weighted by Crippen LogP contribution is 2.30. The number of anilines is 2. The van der Waals surface area contributed by atoms with Crippen molar-refractivity contribution < 1.29 is 4.79 Å². The highest BCUT2D eigenvalue weighted by Gasteiger charge is 2.19. The van der Waals surface area contributed by atoms with Crippen molar-refractivity contribution in [1.29, 1.82) is 0 Å². The van der Waals surface area contributed by atoms with Gasteiger partial charge in [0, 0.05) is 29.4 Å². The molecule has 3 N–H and O–H groups in total. The SMILES string of the molecule is CCC(=O)N(Cc1ccccc1)c1nccc(-c2cn[nH]c2-c2ccc(N)cc2)n1. The molecule has 0 saturated heterocycles. The number of nitrogens with two attached hydrogens (primary N) is 1. The van der Waals surface area contributed by atoms with Crippen LogP contribution in [0.4, 0.5) is 11.6 Å². The van der Waals surface area contributed by atoms with E-state index in [1.165, 1.54) is 0 Å². The molecule has 0 spiro atoms. The zero-order chi connectivity index (χ0) is 20.9. The first-order chi connectivity index (χ1) is 14.7. The summed E-state index contributed by atoms with van der Waals surface area (Å²) in [5.41, 5.74) is 10.8. The van der Waals surface area contributed by atoms with E-state index in [1.807, 2.05) is 67.6 Å². The third-order valence-corrected chi connectivity index (χ3v) is 4.79. The van der Waals surface area contributed by atoms with Gasteiger partial charge in [-0.3, -0.25) is 14.8 Å². The summed E-state index contributed by atoms with van der Waals surface area (Å²) in [4.78, 5) is 23.3. The predicted octanol–water partition coefficient (Wildman–Crippen LogP) is 4.06. The highest BCUT2D eigenvalue weighted by atomic mass is 16.2. The predicted molar refractivity (Wildman–Crippen MR) is 117 cm³/mol. The van der Waals surface area contributed by atoms with E-state index in [1.54, 1.807) is 17.3 Å². The molecule has 0 aliphatic heterocycles. The van der Waals surface area contributed by atoms with Gasteiger partial charge in [-0.05, 0) is 23.8 Å². The van der Waals surface area contributed by atoms with Crippen molar-refractivity contribution in [2.24, 2.45) is 0 Å². The molecule has 2 heterocycles. The summed E-state index contributed by atoms with van der Waals surface area (Å²) in [5.74, 6) is 0.328. The molecule has 0 aliphatic carbocycles. The Bertz CT molecular complexity index is 1140. The van der Waals surface area contributed by atoms with E-state index in [-0.39, 0.29) is 5.91 Å². The van der Waals surface area contributed by atoms with Crippen molar-refractivity contribution in [2.45, 2.75) is 19.9 Å². The fraction of sp³-hybridized carbons (Fsp3) is 0.130. The van der Waals surface area contributed by atoms with Gasteiger partial charge in [-0.25, -0.2) is 9.97 Å². The minimum Gasteiger partial charge on any atom is -0.399 e. The molecule has 1 amide bonds. The Hall–Kier alpha value is -4.00. The second-order valence-corrected chi connectivity index (χ2v) is 6.84. The zero-order valence-electron chi connectivity index (χ0n) is 16.6. The Morgan fingerprint density at radius 3 is 2.57 bits per heavy atom. The number of hydrogen-bond acceptors (Lipinski definition) is 5. The normalized spacial score (nSPS) is 10.7. The van der Waals surface area contributed by atoms with E-state index in [9.17, 15) is 4.79 Å². The summed E-state index contributed by atoms with van der Waals surface area (Å²) in [6.45, 7) is 2.24. The minimum absolute atomic E-state index is 0.0399. The average Bonchev–Trinajstić information content (AvgIpc) is 3.28. The van der Waals surface area contributed by atoms with Crippen molar-refractivity contribution in [3.05, 3.63) is 78.6 Å². The lowest BCUT2D eigenvalue weighted by atomic mass is 10.1. The summed E-state index contributed by atoms with van der Waals surface area (Å²) < 4.78 is 0. The summed E-state index contributed by atoms with van der Waals surface area (Å²) in [5, 5.41) is 7.22. The zero-order valence-corrected chi connectivity index (χ0v) is 16.6. The molecule has 0 aliphatic rings. The molecule has 0 fully saturated rings. The maximum atomic E-state index is 12.7. The molecule has 0 radical (unpaired) electrons. The van der Waals surface area contributed by atoms with Crippen LogP contribution in [0.5, 0.6) is 0 Å². The molecule has 4 rings (SSSR count). The topological polar surface area (TPSA) is 101 Å². The second kappa shape index (κ2) is 8.57. The molecule has 2 aromatic carbocycles.